The van der Waals surface area contributed by atoms with Crippen molar-refractivity contribution in [1.29, 1.82) is 0 Å². The first-order chi connectivity index (χ1) is 8.69. The second-order valence-electron chi connectivity index (χ2n) is 3.93. The second-order valence-corrected chi connectivity index (χ2v) is 3.93. The molecule has 1 atom stereocenters. The topological polar surface area (TPSA) is 91.0 Å². The van der Waals surface area contributed by atoms with Gasteiger partial charge in [0.2, 0.25) is 6.79 Å². The van der Waals surface area contributed by atoms with Crippen LogP contribution in [0.3, 0.4) is 0 Å². The predicted molar refractivity (Wildman–Crippen MR) is 62.7 cm³/mol. The Labute approximate surface area is 104 Å². The number of benzene rings is 1. The molecule has 1 aromatic carbocycles. The predicted octanol–water partition coefficient (Wildman–Crippen LogP) is 0.689. The Morgan fingerprint density at radius 2 is 2.33 bits per heavy atom. The highest BCUT2D eigenvalue weighted by Gasteiger charge is 2.27. The van der Waals surface area contributed by atoms with Crippen molar-refractivity contribution in [3.8, 4) is 11.5 Å². The SMILES string of the molecule is COCc1c(C(CN)C(=O)O)ccc2c1OCO2. The van der Waals surface area contributed by atoms with Crippen LogP contribution in [0.4, 0.5) is 0 Å². The molecule has 0 saturated carbocycles. The van der Waals surface area contributed by atoms with Crippen LogP contribution >= 0.6 is 0 Å². The monoisotopic (exact) mass is 253 g/mol. The molecule has 2 rings (SSSR count). The van der Waals surface area contributed by atoms with Gasteiger partial charge in [-0.05, 0) is 11.6 Å². The molecule has 18 heavy (non-hydrogen) atoms. The molecular formula is C12H15NO5. The van der Waals surface area contributed by atoms with Crippen molar-refractivity contribution in [3.05, 3.63) is 23.3 Å². The van der Waals surface area contributed by atoms with E-state index < -0.39 is 11.9 Å². The fourth-order valence-corrected chi connectivity index (χ4v) is 2.03. The minimum absolute atomic E-state index is 0.0195. The van der Waals surface area contributed by atoms with Crippen molar-refractivity contribution in [2.24, 2.45) is 5.73 Å². The third kappa shape index (κ3) is 2.12. The van der Waals surface area contributed by atoms with Crippen molar-refractivity contribution in [3.63, 3.8) is 0 Å². The highest BCUT2D eigenvalue weighted by molar-refractivity contribution is 5.77. The van der Waals surface area contributed by atoms with Crippen molar-refractivity contribution in [2.75, 3.05) is 20.4 Å². The van der Waals surface area contributed by atoms with Gasteiger partial charge in [-0.2, -0.15) is 0 Å². The fourth-order valence-electron chi connectivity index (χ4n) is 2.03. The Kier molecular flexibility index (Phi) is 3.69. The van der Waals surface area contributed by atoms with Gasteiger partial charge in [0.05, 0.1) is 12.5 Å². The van der Waals surface area contributed by atoms with Crippen molar-refractivity contribution in [2.45, 2.75) is 12.5 Å². The van der Waals surface area contributed by atoms with E-state index in [2.05, 4.69) is 0 Å². The number of carbonyl (C=O) groups is 1. The number of nitrogens with two attached hydrogens (primary N) is 1. The summed E-state index contributed by atoms with van der Waals surface area (Å²) in [6.07, 6.45) is 0. The van der Waals surface area contributed by atoms with Crippen LogP contribution < -0.4 is 15.2 Å². The number of hydrogen-bond acceptors (Lipinski definition) is 5. The Hall–Kier alpha value is -1.79. The largest absolute Gasteiger partial charge is 0.481 e. The smallest absolute Gasteiger partial charge is 0.312 e. The van der Waals surface area contributed by atoms with Crippen molar-refractivity contribution < 1.29 is 24.1 Å². The lowest BCUT2D eigenvalue weighted by Crippen LogP contribution is -2.22. The number of methoxy groups -OCH3 is 1. The molecule has 6 heteroatoms. The lowest BCUT2D eigenvalue weighted by atomic mass is 9.93. The molecule has 0 amide bonds. The first-order valence-corrected chi connectivity index (χ1v) is 5.52. The third-order valence-electron chi connectivity index (χ3n) is 2.88. The van der Waals surface area contributed by atoms with E-state index >= 15 is 0 Å². The Balaban J connectivity index is 2.49. The summed E-state index contributed by atoms with van der Waals surface area (Å²) in [6.45, 7) is 0.410. The summed E-state index contributed by atoms with van der Waals surface area (Å²) in [6, 6.07) is 3.40. The maximum absolute atomic E-state index is 11.2. The van der Waals surface area contributed by atoms with Crippen LogP contribution in [0.5, 0.6) is 11.5 Å². The molecule has 0 aliphatic carbocycles. The maximum Gasteiger partial charge on any atom is 0.312 e. The first-order valence-electron chi connectivity index (χ1n) is 5.52. The third-order valence-corrected chi connectivity index (χ3v) is 2.88. The molecule has 1 aliphatic heterocycles. The summed E-state index contributed by atoms with van der Waals surface area (Å²) in [5.41, 5.74) is 6.82. The molecule has 1 unspecified atom stereocenters. The average Bonchev–Trinajstić information content (AvgIpc) is 2.80. The van der Waals surface area contributed by atoms with Gasteiger partial charge in [-0.3, -0.25) is 4.79 Å². The molecule has 3 N–H and O–H groups in total. The zero-order valence-corrected chi connectivity index (χ0v) is 10.0. The van der Waals surface area contributed by atoms with E-state index in [1.807, 2.05) is 0 Å². The van der Waals surface area contributed by atoms with Gasteiger partial charge in [-0.15, -0.1) is 0 Å². The zero-order chi connectivity index (χ0) is 13.1. The van der Waals surface area contributed by atoms with Crippen LogP contribution in [0.15, 0.2) is 12.1 Å². The molecular weight excluding hydrogens is 238 g/mol. The summed E-state index contributed by atoms with van der Waals surface area (Å²) in [4.78, 5) is 11.2. The molecule has 0 spiro atoms. The van der Waals surface area contributed by atoms with Crippen LogP contribution in [-0.2, 0) is 16.1 Å². The number of aliphatic carboxylic acids is 1. The minimum Gasteiger partial charge on any atom is -0.481 e. The molecule has 98 valence electrons. The number of fused-ring (bicyclic) bond motifs is 1. The van der Waals surface area contributed by atoms with Crippen molar-refractivity contribution >= 4 is 5.97 Å². The summed E-state index contributed by atoms with van der Waals surface area (Å²) < 4.78 is 15.7. The number of carboxylic acid groups (broad SMARTS) is 1. The van der Waals surface area contributed by atoms with E-state index in [4.69, 9.17) is 19.9 Å². The maximum atomic E-state index is 11.2. The van der Waals surface area contributed by atoms with Gasteiger partial charge in [-0.25, -0.2) is 0 Å². The van der Waals surface area contributed by atoms with Crippen LogP contribution in [0, 0.1) is 0 Å². The fraction of sp³-hybridized carbons (Fsp3) is 0.417. The molecule has 1 aromatic rings. The summed E-state index contributed by atoms with van der Waals surface area (Å²) in [5, 5.41) is 9.17. The molecule has 6 nitrogen and oxygen atoms in total. The van der Waals surface area contributed by atoms with Gasteiger partial charge in [-0.1, -0.05) is 6.07 Å². The van der Waals surface area contributed by atoms with E-state index in [-0.39, 0.29) is 19.9 Å². The van der Waals surface area contributed by atoms with E-state index in [1.54, 1.807) is 12.1 Å². The highest BCUT2D eigenvalue weighted by atomic mass is 16.7. The quantitative estimate of drug-likeness (QED) is 0.802. The van der Waals surface area contributed by atoms with Crippen molar-refractivity contribution in [1.82, 2.24) is 0 Å². The summed E-state index contributed by atoms with van der Waals surface area (Å²) >= 11 is 0. The van der Waals surface area contributed by atoms with Crippen LogP contribution in [-0.4, -0.2) is 31.5 Å². The molecule has 0 bridgehead atoms. The molecule has 0 radical (unpaired) electrons. The van der Waals surface area contributed by atoms with E-state index in [0.29, 0.717) is 22.6 Å². The van der Waals surface area contributed by atoms with Crippen LogP contribution in [0.1, 0.15) is 17.0 Å². The normalized spacial score (nSPS) is 14.6. The van der Waals surface area contributed by atoms with E-state index in [0.717, 1.165) is 0 Å². The average molecular weight is 253 g/mol. The van der Waals surface area contributed by atoms with E-state index in [9.17, 15) is 9.90 Å². The van der Waals surface area contributed by atoms with Gasteiger partial charge >= 0.3 is 5.97 Å². The summed E-state index contributed by atoms with van der Waals surface area (Å²) in [5.74, 6) is -0.584. The Bertz CT molecular complexity index is 460. The Morgan fingerprint density at radius 1 is 1.56 bits per heavy atom. The summed E-state index contributed by atoms with van der Waals surface area (Å²) in [7, 11) is 1.54. The number of rotatable bonds is 5. The van der Waals surface area contributed by atoms with Gasteiger partial charge in [0.1, 0.15) is 0 Å². The van der Waals surface area contributed by atoms with Gasteiger partial charge in [0.15, 0.2) is 11.5 Å². The van der Waals surface area contributed by atoms with Crippen LogP contribution in [0.25, 0.3) is 0 Å². The number of carboxylic acids is 1. The minimum atomic E-state index is -0.964. The zero-order valence-electron chi connectivity index (χ0n) is 10.0. The van der Waals surface area contributed by atoms with Gasteiger partial charge in [0, 0.05) is 19.2 Å². The molecule has 0 saturated heterocycles. The second kappa shape index (κ2) is 5.24. The highest BCUT2D eigenvalue weighted by Crippen LogP contribution is 2.40. The lowest BCUT2D eigenvalue weighted by molar-refractivity contribution is -0.138. The molecule has 0 aromatic heterocycles. The van der Waals surface area contributed by atoms with Gasteiger partial charge < -0.3 is 25.1 Å². The standard InChI is InChI=1S/C12H15NO5/c1-16-5-9-7(8(4-13)12(14)15)2-3-10-11(9)18-6-17-10/h2-3,8H,4-6,13H2,1H3,(H,14,15). The number of hydrogen-bond donors (Lipinski definition) is 2. The lowest BCUT2D eigenvalue weighted by Gasteiger charge is -2.16. The number of ether oxygens (including phenoxy) is 3. The van der Waals surface area contributed by atoms with Gasteiger partial charge in [0.25, 0.3) is 0 Å². The Morgan fingerprint density at radius 3 is 2.94 bits per heavy atom. The van der Waals surface area contributed by atoms with Crippen LogP contribution in [0.2, 0.25) is 0 Å². The first kappa shape index (κ1) is 12.7. The molecule has 0 fully saturated rings. The van der Waals surface area contributed by atoms with E-state index in [1.165, 1.54) is 7.11 Å². The molecule has 1 aliphatic rings. The molecule has 1 heterocycles.